The molecule has 0 aliphatic carbocycles. The first kappa shape index (κ1) is 15.8. The number of aryl methyl sites for hydroxylation is 1. The van der Waals surface area contributed by atoms with E-state index < -0.39 is 0 Å². The molecule has 3 aromatic rings. The number of carbonyl (C=O) groups excluding carboxylic acids is 1. The molecule has 3 nitrogen and oxygen atoms in total. The molecule has 120 valence electrons. The molecule has 0 saturated carbocycles. The Labute approximate surface area is 141 Å². The topological polar surface area (TPSA) is 38.3 Å². The first-order valence-electron chi connectivity index (χ1n) is 7.86. The van der Waals surface area contributed by atoms with Crippen LogP contribution in [0.5, 0.6) is 5.75 Å². The van der Waals surface area contributed by atoms with E-state index in [0.29, 0.717) is 12.2 Å². The molecular formula is C21H19NO2. The number of hydrogen-bond acceptors (Lipinski definition) is 2. The van der Waals surface area contributed by atoms with Crippen LogP contribution in [0.3, 0.4) is 0 Å². The van der Waals surface area contributed by atoms with Gasteiger partial charge in [0.05, 0.1) is 0 Å². The Bertz CT molecular complexity index is 811. The fraction of sp³-hybridized carbons (Fsp3) is 0.0952. The lowest BCUT2D eigenvalue weighted by Crippen LogP contribution is -2.15. The molecule has 0 heterocycles. The number of hydrogen-bond donors (Lipinski definition) is 1. The quantitative estimate of drug-likeness (QED) is 0.732. The van der Waals surface area contributed by atoms with E-state index in [1.807, 2.05) is 85.8 Å². The summed E-state index contributed by atoms with van der Waals surface area (Å²) in [5.74, 6) is 0.650. The molecule has 0 aliphatic rings. The number of carbonyl (C=O) groups is 1. The second-order valence-corrected chi connectivity index (χ2v) is 5.58. The van der Waals surface area contributed by atoms with Crippen molar-refractivity contribution in [1.29, 1.82) is 0 Å². The van der Waals surface area contributed by atoms with Gasteiger partial charge >= 0.3 is 0 Å². The van der Waals surface area contributed by atoms with Crippen LogP contribution in [-0.2, 0) is 6.61 Å². The SMILES string of the molecule is Cc1ccc(NC(=O)c2ccccc2COc2ccccc2)cc1. The Kier molecular flexibility index (Phi) is 4.92. The van der Waals surface area contributed by atoms with Gasteiger partial charge in [-0.15, -0.1) is 0 Å². The summed E-state index contributed by atoms with van der Waals surface area (Å²) in [6, 6.07) is 24.8. The second-order valence-electron chi connectivity index (χ2n) is 5.58. The number of ether oxygens (including phenoxy) is 1. The smallest absolute Gasteiger partial charge is 0.256 e. The van der Waals surface area contributed by atoms with Gasteiger partial charge < -0.3 is 10.1 Å². The first-order valence-corrected chi connectivity index (χ1v) is 7.86. The highest BCUT2D eigenvalue weighted by Gasteiger charge is 2.11. The van der Waals surface area contributed by atoms with Crippen molar-refractivity contribution in [2.75, 3.05) is 5.32 Å². The van der Waals surface area contributed by atoms with Gasteiger partial charge in [-0.2, -0.15) is 0 Å². The van der Waals surface area contributed by atoms with E-state index in [0.717, 1.165) is 22.6 Å². The zero-order chi connectivity index (χ0) is 16.8. The van der Waals surface area contributed by atoms with E-state index >= 15 is 0 Å². The average molecular weight is 317 g/mol. The highest BCUT2D eigenvalue weighted by atomic mass is 16.5. The van der Waals surface area contributed by atoms with Gasteiger partial charge in [0.2, 0.25) is 0 Å². The van der Waals surface area contributed by atoms with Crippen LogP contribution in [0.1, 0.15) is 21.5 Å². The van der Waals surface area contributed by atoms with Crippen molar-refractivity contribution < 1.29 is 9.53 Å². The van der Waals surface area contributed by atoms with Crippen LogP contribution in [-0.4, -0.2) is 5.91 Å². The highest BCUT2D eigenvalue weighted by Crippen LogP contribution is 2.17. The van der Waals surface area contributed by atoms with Crippen molar-refractivity contribution in [3.8, 4) is 5.75 Å². The molecule has 0 bridgehead atoms. The largest absolute Gasteiger partial charge is 0.489 e. The van der Waals surface area contributed by atoms with Gasteiger partial charge in [0, 0.05) is 16.8 Å². The minimum absolute atomic E-state index is 0.133. The maximum Gasteiger partial charge on any atom is 0.256 e. The molecule has 0 radical (unpaired) electrons. The first-order chi connectivity index (χ1) is 11.7. The number of benzene rings is 3. The maximum absolute atomic E-state index is 12.6. The minimum atomic E-state index is -0.133. The normalized spacial score (nSPS) is 10.2. The molecule has 0 fully saturated rings. The Balaban J connectivity index is 1.73. The van der Waals surface area contributed by atoms with Crippen LogP contribution in [0.4, 0.5) is 5.69 Å². The van der Waals surface area contributed by atoms with Crippen LogP contribution in [0.25, 0.3) is 0 Å². The summed E-state index contributed by atoms with van der Waals surface area (Å²) in [7, 11) is 0. The molecule has 0 spiro atoms. The third kappa shape index (κ3) is 4.02. The lowest BCUT2D eigenvalue weighted by atomic mass is 10.1. The summed E-state index contributed by atoms with van der Waals surface area (Å²) < 4.78 is 5.77. The zero-order valence-electron chi connectivity index (χ0n) is 13.5. The van der Waals surface area contributed by atoms with Gasteiger partial charge in [-0.1, -0.05) is 54.1 Å². The van der Waals surface area contributed by atoms with Crippen LogP contribution >= 0.6 is 0 Å². The number of amides is 1. The standard InChI is InChI=1S/C21H19NO2/c1-16-11-13-18(14-12-16)22-21(23)20-10-6-5-7-17(20)15-24-19-8-3-2-4-9-19/h2-14H,15H2,1H3,(H,22,23). The van der Waals surface area contributed by atoms with E-state index in [-0.39, 0.29) is 5.91 Å². The Hall–Kier alpha value is -3.07. The number of rotatable bonds is 5. The third-order valence-corrected chi connectivity index (χ3v) is 3.71. The summed E-state index contributed by atoms with van der Waals surface area (Å²) in [6.07, 6.45) is 0. The zero-order valence-corrected chi connectivity index (χ0v) is 13.5. The fourth-order valence-electron chi connectivity index (χ4n) is 2.38. The lowest BCUT2D eigenvalue weighted by Gasteiger charge is -2.11. The number of nitrogens with one attached hydrogen (secondary N) is 1. The monoisotopic (exact) mass is 317 g/mol. The van der Waals surface area contributed by atoms with Gasteiger partial charge in [-0.3, -0.25) is 4.79 Å². The van der Waals surface area contributed by atoms with Crippen molar-refractivity contribution in [2.24, 2.45) is 0 Å². The maximum atomic E-state index is 12.6. The Morgan fingerprint density at radius 2 is 1.54 bits per heavy atom. The molecule has 3 aromatic carbocycles. The predicted octanol–water partition coefficient (Wildman–Crippen LogP) is 4.83. The fourth-order valence-corrected chi connectivity index (χ4v) is 2.38. The molecule has 24 heavy (non-hydrogen) atoms. The summed E-state index contributed by atoms with van der Waals surface area (Å²) in [5, 5.41) is 2.93. The number of para-hydroxylation sites is 1. The molecule has 3 heteroatoms. The summed E-state index contributed by atoms with van der Waals surface area (Å²) >= 11 is 0. The molecule has 0 saturated heterocycles. The van der Waals surface area contributed by atoms with Gasteiger partial charge in [-0.05, 0) is 37.3 Å². The molecule has 1 amide bonds. The number of anilines is 1. The Morgan fingerprint density at radius 1 is 0.875 bits per heavy atom. The molecule has 0 aliphatic heterocycles. The van der Waals surface area contributed by atoms with Gasteiger partial charge in [-0.25, -0.2) is 0 Å². The van der Waals surface area contributed by atoms with E-state index in [1.165, 1.54) is 0 Å². The molecule has 0 aromatic heterocycles. The molecule has 1 N–H and O–H groups in total. The van der Waals surface area contributed by atoms with E-state index in [1.54, 1.807) is 0 Å². The highest BCUT2D eigenvalue weighted by molar-refractivity contribution is 6.05. The summed E-state index contributed by atoms with van der Waals surface area (Å²) in [6.45, 7) is 2.36. The van der Waals surface area contributed by atoms with E-state index in [9.17, 15) is 4.79 Å². The molecule has 3 rings (SSSR count). The lowest BCUT2D eigenvalue weighted by molar-refractivity contribution is 0.102. The van der Waals surface area contributed by atoms with Crippen LogP contribution in [0.15, 0.2) is 78.9 Å². The average Bonchev–Trinajstić information content (AvgIpc) is 2.63. The molecule has 0 atom stereocenters. The van der Waals surface area contributed by atoms with E-state index in [2.05, 4.69) is 5.32 Å². The van der Waals surface area contributed by atoms with Gasteiger partial charge in [0.25, 0.3) is 5.91 Å². The summed E-state index contributed by atoms with van der Waals surface area (Å²) in [5.41, 5.74) is 3.41. The second kappa shape index (κ2) is 7.47. The van der Waals surface area contributed by atoms with Crippen LogP contribution < -0.4 is 10.1 Å². The summed E-state index contributed by atoms with van der Waals surface area (Å²) in [4.78, 5) is 12.6. The van der Waals surface area contributed by atoms with E-state index in [4.69, 9.17) is 4.74 Å². The van der Waals surface area contributed by atoms with Gasteiger partial charge in [0.1, 0.15) is 12.4 Å². The van der Waals surface area contributed by atoms with Crippen molar-refractivity contribution in [3.63, 3.8) is 0 Å². The van der Waals surface area contributed by atoms with Crippen molar-refractivity contribution in [2.45, 2.75) is 13.5 Å². The van der Waals surface area contributed by atoms with Crippen molar-refractivity contribution in [3.05, 3.63) is 95.6 Å². The molecular weight excluding hydrogens is 298 g/mol. The third-order valence-electron chi connectivity index (χ3n) is 3.71. The predicted molar refractivity (Wildman–Crippen MR) is 96.3 cm³/mol. The van der Waals surface area contributed by atoms with Crippen molar-refractivity contribution in [1.82, 2.24) is 0 Å². The van der Waals surface area contributed by atoms with Crippen LogP contribution in [0, 0.1) is 6.92 Å². The van der Waals surface area contributed by atoms with Gasteiger partial charge in [0.15, 0.2) is 0 Å². The van der Waals surface area contributed by atoms with Crippen LogP contribution in [0.2, 0.25) is 0 Å². The van der Waals surface area contributed by atoms with Crippen molar-refractivity contribution >= 4 is 11.6 Å². The minimum Gasteiger partial charge on any atom is -0.489 e. The molecule has 0 unspecified atom stereocenters. The Morgan fingerprint density at radius 3 is 2.29 bits per heavy atom.